The Balaban J connectivity index is 2.50. The number of amides is 2. The molecule has 2 N–H and O–H groups in total. The zero-order valence-corrected chi connectivity index (χ0v) is 12.4. The van der Waals surface area contributed by atoms with Crippen molar-refractivity contribution in [2.45, 2.75) is 59.3 Å². The van der Waals surface area contributed by atoms with Crippen molar-refractivity contribution in [3.63, 3.8) is 0 Å². The maximum Gasteiger partial charge on any atom is 0.280 e. The number of aryl methyl sites for hydroxylation is 2. The summed E-state index contributed by atoms with van der Waals surface area (Å²) in [6.45, 7) is 5.40. The zero-order chi connectivity index (χ0) is 15.1. The van der Waals surface area contributed by atoms with Crippen LogP contribution in [0.4, 0.5) is 0 Å². The van der Waals surface area contributed by atoms with Crippen LogP contribution in [-0.4, -0.2) is 22.0 Å². The number of carbonyl (C=O) groups is 2. The number of carbonyl (C=O) groups excluding carboxylic acids is 2. The van der Waals surface area contributed by atoms with Crippen LogP contribution in [0.1, 0.15) is 67.3 Å². The number of nitrogens with zero attached hydrogens (tertiary/aromatic N) is 2. The molecule has 6 heteroatoms. The van der Waals surface area contributed by atoms with E-state index >= 15 is 0 Å². The molecule has 0 spiro atoms. The number of hydrogen-bond acceptors (Lipinski definition) is 5. The Bertz CT molecular complexity index is 449. The van der Waals surface area contributed by atoms with Gasteiger partial charge in [0.25, 0.3) is 5.91 Å². The highest BCUT2D eigenvalue weighted by Crippen LogP contribution is 2.15. The highest BCUT2D eigenvalue weighted by atomic mass is 16.5. The summed E-state index contributed by atoms with van der Waals surface area (Å²) in [5.41, 5.74) is 0.713. The molecule has 1 heterocycles. The predicted molar refractivity (Wildman–Crippen MR) is 74.7 cm³/mol. The van der Waals surface area contributed by atoms with E-state index in [2.05, 4.69) is 12.1 Å². The van der Waals surface area contributed by atoms with Crippen molar-refractivity contribution in [1.82, 2.24) is 10.2 Å². The van der Waals surface area contributed by atoms with E-state index in [1.54, 1.807) is 13.8 Å². The molecule has 1 rings (SSSR count). The molecule has 0 saturated heterocycles. The van der Waals surface area contributed by atoms with Gasteiger partial charge in [0, 0.05) is 6.42 Å². The fourth-order valence-electron chi connectivity index (χ4n) is 2.02. The predicted octanol–water partition coefficient (Wildman–Crippen LogP) is 2.49. The fourth-order valence-corrected chi connectivity index (χ4v) is 2.02. The lowest BCUT2D eigenvalue weighted by atomic mass is 10.1. The molecule has 6 nitrogen and oxygen atoms in total. The van der Waals surface area contributed by atoms with E-state index < -0.39 is 5.91 Å². The molecule has 0 atom stereocenters. The van der Waals surface area contributed by atoms with E-state index in [0.717, 1.165) is 25.7 Å². The lowest BCUT2D eigenvalue weighted by Gasteiger charge is -2.14. The van der Waals surface area contributed by atoms with Gasteiger partial charge >= 0.3 is 0 Å². The minimum atomic E-state index is -0.556. The van der Waals surface area contributed by atoms with Crippen LogP contribution in [0, 0.1) is 13.8 Å². The molecule has 0 aromatic carbocycles. The Morgan fingerprint density at radius 3 is 2.40 bits per heavy atom. The minimum Gasteiger partial charge on any atom is -0.361 e. The maximum atomic E-state index is 12.1. The van der Waals surface area contributed by atoms with Gasteiger partial charge in [-0.1, -0.05) is 37.8 Å². The number of nitrogens with two attached hydrogens (primary N) is 1. The Hall–Kier alpha value is -1.69. The first kappa shape index (κ1) is 16.4. The van der Waals surface area contributed by atoms with Crippen molar-refractivity contribution in [1.29, 1.82) is 0 Å². The standard InChI is InChI=1S/C14H23N3O3/c1-4-5-6-7-8-9-12(18)17(15)14(19)13-10(2)16-20-11(13)3/h4-9,15H2,1-3H3. The molecule has 0 aliphatic carbocycles. The SMILES string of the molecule is CCCCCCCC(=O)N(N)C(=O)c1c(C)noc1C. The smallest absolute Gasteiger partial charge is 0.280 e. The summed E-state index contributed by atoms with van der Waals surface area (Å²) < 4.78 is 4.91. The topological polar surface area (TPSA) is 89.4 Å². The minimum absolute atomic E-state index is 0.270. The molecular formula is C14H23N3O3. The van der Waals surface area contributed by atoms with E-state index in [9.17, 15) is 9.59 Å². The second-order valence-electron chi connectivity index (χ2n) is 4.93. The molecule has 0 radical (unpaired) electrons. The van der Waals surface area contributed by atoms with Gasteiger partial charge in [-0.2, -0.15) is 0 Å². The van der Waals surface area contributed by atoms with E-state index in [0.29, 0.717) is 16.5 Å². The van der Waals surface area contributed by atoms with E-state index in [-0.39, 0.29) is 17.9 Å². The number of hydrazine groups is 1. The third-order valence-corrected chi connectivity index (χ3v) is 3.23. The van der Waals surface area contributed by atoms with Gasteiger partial charge < -0.3 is 4.52 Å². The lowest BCUT2D eigenvalue weighted by molar-refractivity contribution is -0.129. The first-order chi connectivity index (χ1) is 9.49. The van der Waals surface area contributed by atoms with E-state index in [1.807, 2.05) is 0 Å². The van der Waals surface area contributed by atoms with Gasteiger partial charge in [0.15, 0.2) is 0 Å². The van der Waals surface area contributed by atoms with Crippen LogP contribution in [-0.2, 0) is 4.79 Å². The third kappa shape index (κ3) is 4.16. The summed E-state index contributed by atoms with van der Waals surface area (Å²) in [5, 5.41) is 4.36. The Kier molecular flexibility index (Phi) is 6.38. The fraction of sp³-hybridized carbons (Fsp3) is 0.643. The molecule has 2 amide bonds. The second kappa shape index (κ2) is 7.79. The molecule has 1 aromatic rings. The van der Waals surface area contributed by atoms with Gasteiger partial charge in [0.2, 0.25) is 5.91 Å². The monoisotopic (exact) mass is 281 g/mol. The second-order valence-corrected chi connectivity index (χ2v) is 4.93. The van der Waals surface area contributed by atoms with Crippen molar-refractivity contribution >= 4 is 11.8 Å². The Morgan fingerprint density at radius 2 is 1.85 bits per heavy atom. The normalized spacial score (nSPS) is 10.6. The molecule has 0 aliphatic heterocycles. The molecule has 0 aliphatic rings. The quantitative estimate of drug-likeness (QED) is 0.359. The molecule has 0 saturated carbocycles. The molecule has 0 fully saturated rings. The summed E-state index contributed by atoms with van der Waals surface area (Å²) >= 11 is 0. The first-order valence-corrected chi connectivity index (χ1v) is 7.03. The average molecular weight is 281 g/mol. The van der Waals surface area contributed by atoms with Gasteiger partial charge in [-0.25, -0.2) is 10.9 Å². The van der Waals surface area contributed by atoms with E-state index in [4.69, 9.17) is 10.4 Å². The van der Waals surface area contributed by atoms with Crippen molar-refractivity contribution in [3.8, 4) is 0 Å². The molecule has 0 bridgehead atoms. The van der Waals surface area contributed by atoms with Crippen LogP contribution in [0.25, 0.3) is 0 Å². The Labute approximate surface area is 119 Å². The van der Waals surface area contributed by atoms with Crippen LogP contribution in [0.3, 0.4) is 0 Å². The largest absolute Gasteiger partial charge is 0.361 e. The maximum absolute atomic E-state index is 12.1. The molecule has 1 aromatic heterocycles. The highest BCUT2D eigenvalue weighted by Gasteiger charge is 2.25. The summed E-state index contributed by atoms with van der Waals surface area (Å²) in [5.74, 6) is 5.04. The number of aromatic nitrogens is 1. The van der Waals surface area contributed by atoms with Crippen LogP contribution in [0.5, 0.6) is 0 Å². The van der Waals surface area contributed by atoms with Crippen LogP contribution >= 0.6 is 0 Å². The average Bonchev–Trinajstić information content (AvgIpc) is 2.76. The van der Waals surface area contributed by atoms with Gasteiger partial charge in [0.1, 0.15) is 11.3 Å². The summed E-state index contributed by atoms with van der Waals surface area (Å²) in [4.78, 5) is 24.0. The van der Waals surface area contributed by atoms with Crippen molar-refractivity contribution in [2.24, 2.45) is 5.84 Å². The van der Waals surface area contributed by atoms with Gasteiger partial charge in [0.05, 0.1) is 5.69 Å². The zero-order valence-electron chi connectivity index (χ0n) is 12.4. The summed E-state index contributed by atoms with van der Waals surface area (Å²) in [6.07, 6.45) is 5.44. The van der Waals surface area contributed by atoms with Crippen molar-refractivity contribution in [3.05, 3.63) is 17.0 Å². The molecule has 20 heavy (non-hydrogen) atoms. The number of hydrogen-bond donors (Lipinski definition) is 1. The summed E-state index contributed by atoms with van der Waals surface area (Å²) in [7, 11) is 0. The first-order valence-electron chi connectivity index (χ1n) is 7.03. The number of rotatable bonds is 7. The van der Waals surface area contributed by atoms with Crippen molar-refractivity contribution in [2.75, 3.05) is 0 Å². The highest BCUT2D eigenvalue weighted by molar-refractivity contribution is 6.05. The summed E-state index contributed by atoms with van der Waals surface area (Å²) in [6, 6.07) is 0. The van der Waals surface area contributed by atoms with Gasteiger partial charge in [-0.05, 0) is 20.3 Å². The third-order valence-electron chi connectivity index (χ3n) is 3.23. The molecule has 0 unspecified atom stereocenters. The van der Waals surface area contributed by atoms with Gasteiger partial charge in [-0.3, -0.25) is 9.59 Å². The van der Waals surface area contributed by atoms with Crippen molar-refractivity contribution < 1.29 is 14.1 Å². The number of imide groups is 1. The van der Waals surface area contributed by atoms with Gasteiger partial charge in [-0.15, -0.1) is 0 Å². The van der Waals surface area contributed by atoms with E-state index in [1.165, 1.54) is 6.42 Å². The lowest BCUT2D eigenvalue weighted by Crippen LogP contribution is -2.42. The molecular weight excluding hydrogens is 258 g/mol. The number of unbranched alkanes of at least 4 members (excludes halogenated alkanes) is 4. The Morgan fingerprint density at radius 1 is 1.20 bits per heavy atom. The van der Waals surface area contributed by atoms with Crippen LogP contribution < -0.4 is 5.84 Å². The van der Waals surface area contributed by atoms with Crippen LogP contribution in [0.15, 0.2) is 4.52 Å². The van der Waals surface area contributed by atoms with Crippen LogP contribution in [0.2, 0.25) is 0 Å². The molecule has 112 valence electrons.